The molecule has 4 rings (SSSR count). The smallest absolute Gasteiger partial charge is 0.270 e. The van der Waals surface area contributed by atoms with E-state index in [-0.39, 0.29) is 5.91 Å². The van der Waals surface area contributed by atoms with Gasteiger partial charge in [-0.15, -0.1) is 11.3 Å². The maximum atomic E-state index is 12.3. The molecule has 2 heterocycles. The van der Waals surface area contributed by atoms with Gasteiger partial charge in [0.1, 0.15) is 4.88 Å². The molecule has 1 amide bonds. The number of anilines is 1. The Bertz CT molecular complexity index is 880. The molecule has 1 aliphatic rings. The van der Waals surface area contributed by atoms with E-state index in [1.807, 2.05) is 42.6 Å². The molecule has 24 heavy (non-hydrogen) atoms. The largest absolute Gasteiger partial charge is 0.333 e. The van der Waals surface area contributed by atoms with Crippen molar-refractivity contribution in [3.05, 3.63) is 52.7 Å². The number of amides is 1. The van der Waals surface area contributed by atoms with Gasteiger partial charge >= 0.3 is 0 Å². The van der Waals surface area contributed by atoms with Crippen molar-refractivity contribution in [3.63, 3.8) is 0 Å². The monoisotopic (exact) mass is 339 g/mol. The third-order valence-electron chi connectivity index (χ3n) is 3.96. The zero-order chi connectivity index (χ0) is 16.5. The van der Waals surface area contributed by atoms with Gasteiger partial charge < -0.3 is 9.84 Å². The minimum atomic E-state index is -0.0535. The fourth-order valence-electron chi connectivity index (χ4n) is 2.61. The lowest BCUT2D eigenvalue weighted by Crippen LogP contribution is -2.14. The van der Waals surface area contributed by atoms with Crippen molar-refractivity contribution in [2.75, 3.05) is 5.32 Å². The fourth-order valence-corrected chi connectivity index (χ4v) is 3.38. The van der Waals surface area contributed by atoms with Crippen molar-refractivity contribution in [2.24, 2.45) is 0 Å². The number of aryl methyl sites for hydroxylation is 1. The molecule has 6 heteroatoms. The molecule has 0 aliphatic heterocycles. The van der Waals surface area contributed by atoms with Crippen LogP contribution >= 0.6 is 11.3 Å². The lowest BCUT2D eigenvalue weighted by molar-refractivity contribution is -0.115. The quantitative estimate of drug-likeness (QED) is 0.758. The lowest BCUT2D eigenvalue weighted by atomic mass is 10.1. The summed E-state index contributed by atoms with van der Waals surface area (Å²) in [6.07, 6.45) is 2.60. The highest BCUT2D eigenvalue weighted by atomic mass is 32.1. The van der Waals surface area contributed by atoms with Crippen LogP contribution in [0.1, 0.15) is 35.7 Å². The molecule has 2 aromatic heterocycles. The molecular weight excluding hydrogens is 322 g/mol. The molecule has 1 aliphatic carbocycles. The molecule has 0 saturated heterocycles. The van der Waals surface area contributed by atoms with E-state index in [0.717, 1.165) is 40.4 Å². The van der Waals surface area contributed by atoms with E-state index < -0.39 is 0 Å². The number of carbonyl (C=O) groups excluding carboxylic acids is 1. The molecular formula is C18H17N3O2S. The van der Waals surface area contributed by atoms with Gasteiger partial charge in [-0.1, -0.05) is 35.0 Å². The first-order valence-electron chi connectivity index (χ1n) is 7.96. The molecule has 1 saturated carbocycles. The van der Waals surface area contributed by atoms with E-state index in [1.165, 1.54) is 11.3 Å². The van der Waals surface area contributed by atoms with Gasteiger partial charge in [0.05, 0.1) is 12.1 Å². The third kappa shape index (κ3) is 3.23. The van der Waals surface area contributed by atoms with E-state index in [9.17, 15) is 4.79 Å². The van der Waals surface area contributed by atoms with Gasteiger partial charge in [-0.05, 0) is 36.8 Å². The normalized spacial score (nSPS) is 13.9. The molecule has 5 nitrogen and oxygen atoms in total. The second kappa shape index (κ2) is 6.20. The molecule has 1 aromatic carbocycles. The number of thiophene rings is 1. The van der Waals surface area contributed by atoms with Gasteiger partial charge in [0.25, 0.3) is 5.89 Å². The number of benzene rings is 1. The molecule has 0 unspecified atom stereocenters. The van der Waals surface area contributed by atoms with Crippen LogP contribution in [0.3, 0.4) is 0 Å². The number of aromatic nitrogens is 2. The Balaban J connectivity index is 1.48. The van der Waals surface area contributed by atoms with Gasteiger partial charge in [-0.2, -0.15) is 4.98 Å². The maximum Gasteiger partial charge on any atom is 0.270 e. The predicted octanol–water partition coefficient (Wildman–Crippen LogP) is 4.17. The van der Waals surface area contributed by atoms with Gasteiger partial charge in [0, 0.05) is 5.92 Å². The molecule has 3 aromatic rings. The van der Waals surface area contributed by atoms with Crippen molar-refractivity contribution in [1.82, 2.24) is 10.1 Å². The van der Waals surface area contributed by atoms with Gasteiger partial charge in [-0.25, -0.2) is 0 Å². The topological polar surface area (TPSA) is 68.0 Å². The maximum absolute atomic E-state index is 12.3. The predicted molar refractivity (Wildman–Crippen MR) is 93.1 cm³/mol. The van der Waals surface area contributed by atoms with E-state index in [2.05, 4.69) is 15.5 Å². The van der Waals surface area contributed by atoms with Crippen molar-refractivity contribution in [1.29, 1.82) is 0 Å². The average molecular weight is 339 g/mol. The zero-order valence-corrected chi connectivity index (χ0v) is 14.1. The first-order valence-corrected chi connectivity index (χ1v) is 8.84. The Morgan fingerprint density at radius 2 is 2.25 bits per heavy atom. The van der Waals surface area contributed by atoms with E-state index >= 15 is 0 Å². The number of carbonyl (C=O) groups is 1. The van der Waals surface area contributed by atoms with Gasteiger partial charge in [0.15, 0.2) is 5.82 Å². The van der Waals surface area contributed by atoms with Crippen LogP contribution < -0.4 is 5.32 Å². The van der Waals surface area contributed by atoms with E-state index in [1.54, 1.807) is 0 Å². The summed E-state index contributed by atoms with van der Waals surface area (Å²) in [5, 5.41) is 8.91. The highest BCUT2D eigenvalue weighted by molar-refractivity contribution is 7.14. The number of nitrogens with zero attached hydrogens (tertiary/aromatic N) is 2. The Morgan fingerprint density at radius 1 is 1.38 bits per heavy atom. The summed E-state index contributed by atoms with van der Waals surface area (Å²) < 4.78 is 5.36. The highest BCUT2D eigenvalue weighted by Gasteiger charge is 2.29. The standard InChI is InChI=1S/C18H17N3O2S/c1-11-3-2-4-12(9-11)10-15(22)19-14-7-8-24-16(14)18-20-17(21-23-18)13-5-6-13/h2-4,7-9,13H,5-6,10H2,1H3,(H,19,22). The summed E-state index contributed by atoms with van der Waals surface area (Å²) in [6.45, 7) is 2.02. The van der Waals surface area contributed by atoms with Crippen LogP contribution in [0.2, 0.25) is 0 Å². The van der Waals surface area contributed by atoms with Crippen LogP contribution in [0, 0.1) is 6.92 Å². The number of rotatable bonds is 5. The molecule has 0 spiro atoms. The molecule has 0 atom stereocenters. The van der Waals surface area contributed by atoms with Gasteiger partial charge in [0.2, 0.25) is 5.91 Å². The summed E-state index contributed by atoms with van der Waals surface area (Å²) in [6, 6.07) is 9.83. The first-order chi connectivity index (χ1) is 11.7. The Kier molecular flexibility index (Phi) is 3.90. The average Bonchev–Trinajstić information content (AvgIpc) is 3.10. The third-order valence-corrected chi connectivity index (χ3v) is 4.87. The number of hydrogen-bond donors (Lipinski definition) is 1. The Hall–Kier alpha value is -2.47. The van der Waals surface area contributed by atoms with Gasteiger partial charge in [-0.3, -0.25) is 4.79 Å². The fraction of sp³-hybridized carbons (Fsp3) is 0.278. The van der Waals surface area contributed by atoms with Crippen molar-refractivity contribution >= 4 is 22.9 Å². The van der Waals surface area contributed by atoms with Crippen molar-refractivity contribution in [2.45, 2.75) is 32.1 Å². The Labute approximate surface area is 143 Å². The molecule has 0 bridgehead atoms. The number of hydrogen-bond acceptors (Lipinski definition) is 5. The van der Waals surface area contributed by atoms with E-state index in [4.69, 9.17) is 4.52 Å². The minimum absolute atomic E-state index is 0.0535. The van der Waals surface area contributed by atoms with Crippen LogP contribution in [0.15, 0.2) is 40.2 Å². The van der Waals surface area contributed by atoms with Crippen molar-refractivity contribution in [3.8, 4) is 10.8 Å². The first kappa shape index (κ1) is 15.1. The summed E-state index contributed by atoms with van der Waals surface area (Å²) >= 11 is 1.49. The molecule has 122 valence electrons. The van der Waals surface area contributed by atoms with E-state index in [0.29, 0.717) is 18.2 Å². The second-order valence-corrected chi connectivity index (χ2v) is 7.03. The van der Waals surface area contributed by atoms with Crippen molar-refractivity contribution < 1.29 is 9.32 Å². The van der Waals surface area contributed by atoms with Crippen LogP contribution in [0.5, 0.6) is 0 Å². The van der Waals surface area contributed by atoms with Crippen LogP contribution in [-0.2, 0) is 11.2 Å². The molecule has 1 N–H and O–H groups in total. The summed E-state index contributed by atoms with van der Waals surface area (Å²) in [7, 11) is 0. The summed E-state index contributed by atoms with van der Waals surface area (Å²) in [5.74, 6) is 1.65. The molecule has 1 fully saturated rings. The lowest BCUT2D eigenvalue weighted by Gasteiger charge is -2.05. The SMILES string of the molecule is Cc1cccc(CC(=O)Nc2ccsc2-c2nc(C3CC3)no2)c1. The van der Waals surface area contributed by atoms with Crippen LogP contribution in [0.25, 0.3) is 10.8 Å². The highest BCUT2D eigenvalue weighted by Crippen LogP contribution is 2.40. The molecule has 0 radical (unpaired) electrons. The Morgan fingerprint density at radius 3 is 3.04 bits per heavy atom. The second-order valence-electron chi connectivity index (χ2n) is 6.11. The summed E-state index contributed by atoms with van der Waals surface area (Å²) in [4.78, 5) is 17.6. The van der Waals surface area contributed by atoms with Crippen LogP contribution in [0.4, 0.5) is 5.69 Å². The summed E-state index contributed by atoms with van der Waals surface area (Å²) in [5.41, 5.74) is 2.87. The van der Waals surface area contributed by atoms with Crippen LogP contribution in [-0.4, -0.2) is 16.0 Å². The number of nitrogens with one attached hydrogen (secondary N) is 1. The minimum Gasteiger partial charge on any atom is -0.333 e. The zero-order valence-electron chi connectivity index (χ0n) is 13.3.